The number of nitrogen functional groups attached to an aromatic ring is 1. The molecule has 18 heavy (non-hydrogen) atoms. The number of rotatable bonds is 1. The van der Waals surface area contributed by atoms with Crippen LogP contribution >= 0.6 is 0 Å². The van der Waals surface area contributed by atoms with Gasteiger partial charge in [0.25, 0.3) is 0 Å². The van der Waals surface area contributed by atoms with Gasteiger partial charge < -0.3 is 10.7 Å². The fourth-order valence-electron chi connectivity index (χ4n) is 2.39. The van der Waals surface area contributed by atoms with Crippen LogP contribution in [0.25, 0.3) is 22.2 Å². The second-order valence-corrected chi connectivity index (χ2v) is 4.74. The molecule has 3 aromatic rings. The summed E-state index contributed by atoms with van der Waals surface area (Å²) in [6, 6.07) is 14.6. The molecule has 2 heteroatoms. The van der Waals surface area contributed by atoms with Crippen molar-refractivity contribution in [2.75, 3.05) is 5.73 Å². The van der Waals surface area contributed by atoms with Crippen molar-refractivity contribution in [3.05, 3.63) is 53.6 Å². The van der Waals surface area contributed by atoms with Crippen LogP contribution in [-0.2, 0) is 0 Å². The van der Waals surface area contributed by atoms with E-state index in [-0.39, 0.29) is 0 Å². The minimum atomic E-state index is 0.845. The molecule has 0 radical (unpaired) electrons. The van der Waals surface area contributed by atoms with Gasteiger partial charge in [-0.15, -0.1) is 0 Å². The third-order valence-corrected chi connectivity index (χ3v) is 3.55. The third kappa shape index (κ3) is 1.58. The lowest BCUT2D eigenvalue weighted by Gasteiger charge is -2.01. The molecule has 1 aromatic heterocycles. The van der Waals surface area contributed by atoms with E-state index in [4.69, 9.17) is 5.73 Å². The largest absolute Gasteiger partial charge is 0.398 e. The second-order valence-electron chi connectivity index (χ2n) is 4.74. The van der Waals surface area contributed by atoms with Gasteiger partial charge in [-0.3, -0.25) is 0 Å². The van der Waals surface area contributed by atoms with E-state index < -0.39 is 0 Å². The molecular weight excluding hydrogens is 220 g/mol. The van der Waals surface area contributed by atoms with Crippen LogP contribution in [0.15, 0.2) is 42.5 Å². The van der Waals surface area contributed by atoms with Crippen molar-refractivity contribution in [2.24, 2.45) is 0 Å². The molecular formula is C16H16N2. The molecule has 3 rings (SSSR count). The van der Waals surface area contributed by atoms with Gasteiger partial charge in [0.15, 0.2) is 0 Å². The monoisotopic (exact) mass is 236 g/mol. The first-order valence-electron chi connectivity index (χ1n) is 6.10. The second kappa shape index (κ2) is 3.91. The van der Waals surface area contributed by atoms with Gasteiger partial charge in [-0.05, 0) is 43.2 Å². The standard InChI is InChI=1S/C16H16N2/c1-10-5-3-4-6-12(10)16-9-13-11(2)14(17)7-8-15(13)18-16/h3-9,18H,17H2,1-2H3. The molecule has 0 spiro atoms. The maximum Gasteiger partial charge on any atom is 0.0467 e. The molecule has 2 aromatic carbocycles. The molecule has 0 aliphatic heterocycles. The number of nitrogens with two attached hydrogens (primary N) is 1. The number of benzene rings is 2. The normalized spacial score (nSPS) is 11.0. The number of fused-ring (bicyclic) bond motifs is 1. The number of aromatic nitrogens is 1. The van der Waals surface area contributed by atoms with Crippen molar-refractivity contribution in [3.8, 4) is 11.3 Å². The van der Waals surface area contributed by atoms with E-state index in [0.717, 1.165) is 22.5 Å². The number of hydrogen-bond donors (Lipinski definition) is 2. The highest BCUT2D eigenvalue weighted by Crippen LogP contribution is 2.30. The molecule has 0 atom stereocenters. The summed E-state index contributed by atoms with van der Waals surface area (Å²) in [6.07, 6.45) is 0. The highest BCUT2D eigenvalue weighted by Gasteiger charge is 2.08. The first-order valence-corrected chi connectivity index (χ1v) is 6.10. The predicted molar refractivity (Wildman–Crippen MR) is 77.6 cm³/mol. The van der Waals surface area contributed by atoms with Crippen molar-refractivity contribution < 1.29 is 0 Å². The third-order valence-electron chi connectivity index (χ3n) is 3.55. The number of aromatic amines is 1. The molecule has 0 saturated carbocycles. The zero-order valence-corrected chi connectivity index (χ0v) is 10.6. The number of aryl methyl sites for hydroxylation is 2. The highest BCUT2D eigenvalue weighted by atomic mass is 14.7. The molecule has 0 unspecified atom stereocenters. The molecule has 0 fully saturated rings. The molecule has 0 aliphatic carbocycles. The van der Waals surface area contributed by atoms with Crippen LogP contribution in [0.1, 0.15) is 11.1 Å². The van der Waals surface area contributed by atoms with E-state index in [0.29, 0.717) is 0 Å². The summed E-state index contributed by atoms with van der Waals surface area (Å²) in [6.45, 7) is 4.19. The Hall–Kier alpha value is -2.22. The smallest absolute Gasteiger partial charge is 0.0467 e. The van der Waals surface area contributed by atoms with Gasteiger partial charge >= 0.3 is 0 Å². The summed E-state index contributed by atoms with van der Waals surface area (Å²) in [5.41, 5.74) is 12.7. The lowest BCUT2D eigenvalue weighted by Crippen LogP contribution is -1.88. The van der Waals surface area contributed by atoms with E-state index >= 15 is 0 Å². The average molecular weight is 236 g/mol. The minimum Gasteiger partial charge on any atom is -0.398 e. The minimum absolute atomic E-state index is 0.845. The maximum atomic E-state index is 5.95. The summed E-state index contributed by atoms with van der Waals surface area (Å²) in [5, 5.41) is 1.20. The average Bonchev–Trinajstić information content (AvgIpc) is 2.79. The van der Waals surface area contributed by atoms with E-state index in [1.807, 2.05) is 12.1 Å². The van der Waals surface area contributed by atoms with Crippen molar-refractivity contribution in [1.29, 1.82) is 0 Å². The maximum absolute atomic E-state index is 5.95. The molecule has 1 heterocycles. The van der Waals surface area contributed by atoms with E-state index in [2.05, 4.69) is 49.2 Å². The van der Waals surface area contributed by atoms with Gasteiger partial charge in [-0.1, -0.05) is 24.3 Å². The van der Waals surface area contributed by atoms with E-state index in [1.165, 1.54) is 16.5 Å². The fraction of sp³-hybridized carbons (Fsp3) is 0.125. The van der Waals surface area contributed by atoms with Gasteiger partial charge in [-0.25, -0.2) is 0 Å². The van der Waals surface area contributed by atoms with Crippen molar-refractivity contribution in [2.45, 2.75) is 13.8 Å². The van der Waals surface area contributed by atoms with Crippen LogP contribution < -0.4 is 5.73 Å². The molecule has 90 valence electrons. The Morgan fingerprint density at radius 2 is 1.78 bits per heavy atom. The summed E-state index contributed by atoms with van der Waals surface area (Å²) in [5.74, 6) is 0. The Bertz CT molecular complexity index is 723. The number of anilines is 1. The fourth-order valence-corrected chi connectivity index (χ4v) is 2.39. The Labute approximate surface area is 106 Å². The van der Waals surface area contributed by atoms with Crippen LogP contribution in [0.3, 0.4) is 0 Å². The summed E-state index contributed by atoms with van der Waals surface area (Å²) in [7, 11) is 0. The van der Waals surface area contributed by atoms with Crippen molar-refractivity contribution in [1.82, 2.24) is 4.98 Å². The first kappa shape index (κ1) is 10.9. The molecule has 0 amide bonds. The van der Waals surface area contributed by atoms with Crippen molar-refractivity contribution in [3.63, 3.8) is 0 Å². The highest BCUT2D eigenvalue weighted by molar-refractivity contribution is 5.91. The number of H-pyrrole nitrogens is 1. The molecule has 0 saturated heterocycles. The molecule has 0 bridgehead atoms. The van der Waals surface area contributed by atoms with Gasteiger partial charge in [-0.2, -0.15) is 0 Å². The lowest BCUT2D eigenvalue weighted by molar-refractivity contribution is 1.39. The quantitative estimate of drug-likeness (QED) is 0.615. The number of hydrogen-bond acceptors (Lipinski definition) is 1. The topological polar surface area (TPSA) is 41.8 Å². The van der Waals surface area contributed by atoms with Crippen LogP contribution in [0.5, 0.6) is 0 Å². The van der Waals surface area contributed by atoms with Crippen LogP contribution in [0, 0.1) is 13.8 Å². The van der Waals surface area contributed by atoms with E-state index in [1.54, 1.807) is 0 Å². The summed E-state index contributed by atoms with van der Waals surface area (Å²) < 4.78 is 0. The molecule has 3 N–H and O–H groups in total. The zero-order valence-electron chi connectivity index (χ0n) is 10.6. The Morgan fingerprint density at radius 1 is 1.00 bits per heavy atom. The molecule has 2 nitrogen and oxygen atoms in total. The van der Waals surface area contributed by atoms with E-state index in [9.17, 15) is 0 Å². The SMILES string of the molecule is Cc1ccccc1-c1cc2c(C)c(N)ccc2[nH]1. The Balaban J connectivity index is 2.26. The first-order chi connectivity index (χ1) is 8.66. The van der Waals surface area contributed by atoms with Gasteiger partial charge in [0.2, 0.25) is 0 Å². The van der Waals surface area contributed by atoms with Crippen LogP contribution in [0.2, 0.25) is 0 Å². The molecule has 0 aliphatic rings. The van der Waals surface area contributed by atoms with Gasteiger partial charge in [0, 0.05) is 27.8 Å². The lowest BCUT2D eigenvalue weighted by atomic mass is 10.1. The summed E-state index contributed by atoms with van der Waals surface area (Å²) >= 11 is 0. The van der Waals surface area contributed by atoms with Crippen LogP contribution in [0.4, 0.5) is 5.69 Å². The van der Waals surface area contributed by atoms with Crippen molar-refractivity contribution >= 4 is 16.6 Å². The van der Waals surface area contributed by atoms with Gasteiger partial charge in [0.05, 0.1) is 0 Å². The van der Waals surface area contributed by atoms with Gasteiger partial charge in [0.1, 0.15) is 0 Å². The van der Waals surface area contributed by atoms with Crippen LogP contribution in [-0.4, -0.2) is 4.98 Å². The predicted octanol–water partition coefficient (Wildman–Crippen LogP) is 4.03. The number of nitrogens with one attached hydrogen (secondary N) is 1. The Morgan fingerprint density at radius 3 is 2.56 bits per heavy atom. The Kier molecular flexibility index (Phi) is 2.37. The zero-order chi connectivity index (χ0) is 12.7. The summed E-state index contributed by atoms with van der Waals surface area (Å²) in [4.78, 5) is 3.47.